The Morgan fingerprint density at radius 2 is 1.83 bits per heavy atom. The second kappa shape index (κ2) is 7.51. The summed E-state index contributed by atoms with van der Waals surface area (Å²) in [5, 5.41) is 12.4. The third kappa shape index (κ3) is 4.10. The lowest BCUT2D eigenvalue weighted by atomic mass is 10.2. The zero-order valence-corrected chi connectivity index (χ0v) is 17.0. The number of ether oxygens (including phenoxy) is 1. The van der Waals surface area contributed by atoms with Crippen LogP contribution in [0.2, 0.25) is 0 Å². The molecule has 0 aliphatic heterocycles. The Kier molecular flexibility index (Phi) is 4.87. The van der Waals surface area contributed by atoms with Gasteiger partial charge in [0.05, 0.1) is 5.69 Å². The molecule has 7 heteroatoms. The Morgan fingerprint density at radius 1 is 1.07 bits per heavy atom. The van der Waals surface area contributed by atoms with Crippen molar-refractivity contribution >= 4 is 22.9 Å². The van der Waals surface area contributed by atoms with Crippen molar-refractivity contribution in [1.82, 2.24) is 14.5 Å². The highest BCUT2D eigenvalue weighted by Gasteiger charge is 2.18. The maximum absolute atomic E-state index is 12.2. The van der Waals surface area contributed by atoms with Gasteiger partial charge in [-0.25, -0.2) is 14.8 Å². The van der Waals surface area contributed by atoms with Crippen molar-refractivity contribution in [3.05, 3.63) is 66.9 Å². The summed E-state index contributed by atoms with van der Waals surface area (Å²) < 4.78 is 7.26. The Morgan fingerprint density at radius 3 is 2.57 bits per heavy atom. The van der Waals surface area contributed by atoms with E-state index in [1.807, 2.05) is 55.7 Å². The van der Waals surface area contributed by atoms with Crippen LogP contribution in [0.5, 0.6) is 5.75 Å². The van der Waals surface area contributed by atoms with Gasteiger partial charge in [-0.05, 0) is 75.4 Å². The number of rotatable bonds is 3. The summed E-state index contributed by atoms with van der Waals surface area (Å²) in [6.07, 6.45) is 1.19. The Labute approximate surface area is 174 Å². The maximum Gasteiger partial charge on any atom is 0.412 e. The molecule has 0 saturated carbocycles. The van der Waals surface area contributed by atoms with Crippen LogP contribution in [0.15, 0.2) is 66.9 Å². The molecule has 0 saturated heterocycles. The number of anilines is 1. The number of phenolic OH excluding ortho intramolecular Hbond substituents is 1. The SMILES string of the molecule is CC(C)(C)OC(=O)Nc1cccc(-n2c(-c3ccc(O)cc3)nc3cccnc32)c1. The number of hydrogen-bond donors (Lipinski definition) is 2. The molecular weight excluding hydrogens is 380 g/mol. The monoisotopic (exact) mass is 402 g/mol. The fourth-order valence-corrected chi connectivity index (χ4v) is 3.11. The van der Waals surface area contributed by atoms with Crippen molar-refractivity contribution < 1.29 is 14.6 Å². The van der Waals surface area contributed by atoms with Gasteiger partial charge in [0.15, 0.2) is 5.65 Å². The normalized spacial score (nSPS) is 11.4. The van der Waals surface area contributed by atoms with E-state index in [0.29, 0.717) is 17.2 Å². The molecular formula is C23H22N4O3. The summed E-state index contributed by atoms with van der Waals surface area (Å²) in [5.74, 6) is 0.862. The van der Waals surface area contributed by atoms with Crippen LogP contribution in [0.1, 0.15) is 20.8 Å². The zero-order valence-electron chi connectivity index (χ0n) is 17.0. The van der Waals surface area contributed by atoms with Crippen LogP contribution < -0.4 is 5.32 Å². The van der Waals surface area contributed by atoms with Gasteiger partial charge in [0.25, 0.3) is 0 Å². The molecule has 1 amide bonds. The number of hydrogen-bond acceptors (Lipinski definition) is 5. The van der Waals surface area contributed by atoms with Gasteiger partial charge in [-0.1, -0.05) is 6.07 Å². The van der Waals surface area contributed by atoms with Crippen LogP contribution in [-0.2, 0) is 4.74 Å². The predicted molar refractivity (Wildman–Crippen MR) is 116 cm³/mol. The van der Waals surface area contributed by atoms with Crippen molar-refractivity contribution in [3.63, 3.8) is 0 Å². The van der Waals surface area contributed by atoms with E-state index in [9.17, 15) is 9.90 Å². The number of carbonyl (C=O) groups excluding carboxylic acids is 1. The number of aromatic nitrogens is 3. The van der Waals surface area contributed by atoms with E-state index in [-0.39, 0.29) is 5.75 Å². The molecule has 152 valence electrons. The molecule has 0 atom stereocenters. The Bertz CT molecular complexity index is 1210. The molecule has 0 unspecified atom stereocenters. The van der Waals surface area contributed by atoms with Gasteiger partial charge in [0.2, 0.25) is 0 Å². The molecule has 0 fully saturated rings. The van der Waals surface area contributed by atoms with Crippen molar-refractivity contribution in [2.75, 3.05) is 5.32 Å². The maximum atomic E-state index is 12.2. The molecule has 0 radical (unpaired) electrons. The van der Waals surface area contributed by atoms with E-state index >= 15 is 0 Å². The predicted octanol–water partition coefficient (Wildman–Crippen LogP) is 5.14. The summed E-state index contributed by atoms with van der Waals surface area (Å²) in [6.45, 7) is 5.45. The third-order valence-corrected chi connectivity index (χ3v) is 4.29. The standard InChI is InChI=1S/C23H22N4O3/c1-23(2,3)30-22(29)25-16-6-4-7-17(14-16)27-20(15-9-11-18(28)12-10-15)26-19-8-5-13-24-21(19)27/h4-14,28H,1-3H3,(H,25,29). The number of phenols is 1. The lowest BCUT2D eigenvalue weighted by Crippen LogP contribution is -2.27. The largest absolute Gasteiger partial charge is 0.508 e. The molecule has 0 aliphatic rings. The van der Waals surface area contributed by atoms with Crippen molar-refractivity contribution in [2.24, 2.45) is 0 Å². The van der Waals surface area contributed by atoms with E-state index in [4.69, 9.17) is 9.72 Å². The van der Waals surface area contributed by atoms with Crippen molar-refractivity contribution in [1.29, 1.82) is 0 Å². The van der Waals surface area contributed by atoms with Gasteiger partial charge in [0, 0.05) is 17.4 Å². The number of benzene rings is 2. The average molecular weight is 402 g/mol. The molecule has 2 aromatic heterocycles. The first kappa shape index (κ1) is 19.4. The minimum Gasteiger partial charge on any atom is -0.508 e. The number of aromatic hydroxyl groups is 1. The first-order valence-electron chi connectivity index (χ1n) is 9.53. The van der Waals surface area contributed by atoms with Gasteiger partial charge in [0.1, 0.15) is 22.7 Å². The second-order valence-corrected chi connectivity index (χ2v) is 7.84. The quantitative estimate of drug-likeness (QED) is 0.495. The zero-order chi connectivity index (χ0) is 21.3. The summed E-state index contributed by atoms with van der Waals surface area (Å²) in [7, 11) is 0. The topological polar surface area (TPSA) is 89.3 Å². The number of amides is 1. The van der Waals surface area contributed by atoms with Crippen LogP contribution in [0, 0.1) is 0 Å². The van der Waals surface area contributed by atoms with Crippen LogP contribution in [0.4, 0.5) is 10.5 Å². The van der Waals surface area contributed by atoms with Crippen LogP contribution in [0.25, 0.3) is 28.2 Å². The molecule has 0 bridgehead atoms. The lowest BCUT2D eigenvalue weighted by molar-refractivity contribution is 0.0636. The molecule has 2 N–H and O–H groups in total. The van der Waals surface area contributed by atoms with Crippen LogP contribution >= 0.6 is 0 Å². The van der Waals surface area contributed by atoms with Crippen LogP contribution in [-0.4, -0.2) is 31.3 Å². The van der Waals surface area contributed by atoms with Gasteiger partial charge in [-0.15, -0.1) is 0 Å². The molecule has 0 spiro atoms. The highest BCUT2D eigenvalue weighted by molar-refractivity contribution is 5.86. The van der Waals surface area contributed by atoms with Gasteiger partial charge in [-0.3, -0.25) is 9.88 Å². The van der Waals surface area contributed by atoms with Crippen molar-refractivity contribution in [2.45, 2.75) is 26.4 Å². The smallest absolute Gasteiger partial charge is 0.412 e. The fraction of sp³-hybridized carbons (Fsp3) is 0.174. The second-order valence-electron chi connectivity index (χ2n) is 7.84. The highest BCUT2D eigenvalue weighted by Crippen LogP contribution is 2.29. The summed E-state index contributed by atoms with van der Waals surface area (Å²) in [6, 6.07) is 18.0. The Hall–Kier alpha value is -3.87. The minimum atomic E-state index is -0.585. The summed E-state index contributed by atoms with van der Waals surface area (Å²) in [5.41, 5.74) is 3.06. The van der Waals surface area contributed by atoms with E-state index in [2.05, 4.69) is 10.3 Å². The number of imidazole rings is 1. The Balaban J connectivity index is 1.79. The first-order chi connectivity index (χ1) is 14.3. The molecule has 2 aromatic carbocycles. The lowest BCUT2D eigenvalue weighted by Gasteiger charge is -2.20. The third-order valence-electron chi connectivity index (χ3n) is 4.29. The van der Waals surface area contributed by atoms with Crippen molar-refractivity contribution in [3.8, 4) is 22.8 Å². The summed E-state index contributed by atoms with van der Waals surface area (Å²) >= 11 is 0. The van der Waals surface area contributed by atoms with Gasteiger partial charge >= 0.3 is 6.09 Å². The molecule has 4 rings (SSSR count). The molecule has 4 aromatic rings. The molecule has 30 heavy (non-hydrogen) atoms. The number of nitrogens with one attached hydrogen (secondary N) is 1. The van der Waals surface area contributed by atoms with Gasteiger partial charge < -0.3 is 9.84 Å². The number of nitrogens with zero attached hydrogens (tertiary/aromatic N) is 3. The molecule has 2 heterocycles. The van der Waals surface area contributed by atoms with E-state index in [0.717, 1.165) is 16.8 Å². The van der Waals surface area contributed by atoms with Crippen LogP contribution in [0.3, 0.4) is 0 Å². The van der Waals surface area contributed by atoms with E-state index < -0.39 is 11.7 Å². The van der Waals surface area contributed by atoms with Gasteiger partial charge in [-0.2, -0.15) is 0 Å². The molecule has 0 aliphatic carbocycles. The highest BCUT2D eigenvalue weighted by atomic mass is 16.6. The molecule has 7 nitrogen and oxygen atoms in total. The summed E-state index contributed by atoms with van der Waals surface area (Å²) in [4.78, 5) is 21.4. The minimum absolute atomic E-state index is 0.183. The number of fused-ring (bicyclic) bond motifs is 1. The number of carbonyl (C=O) groups is 1. The fourth-order valence-electron chi connectivity index (χ4n) is 3.11. The first-order valence-corrected chi connectivity index (χ1v) is 9.53. The number of pyridine rings is 1. The van der Waals surface area contributed by atoms with E-state index in [1.54, 1.807) is 36.5 Å². The average Bonchev–Trinajstić information content (AvgIpc) is 3.06. The van der Waals surface area contributed by atoms with E-state index in [1.165, 1.54) is 0 Å².